The first kappa shape index (κ1) is 13.6. The van der Waals surface area contributed by atoms with Crippen LogP contribution in [0.3, 0.4) is 0 Å². The Hall–Kier alpha value is -1.81. The molecule has 100 valence electrons. The summed E-state index contributed by atoms with van der Waals surface area (Å²) in [6.07, 6.45) is 4.77. The van der Waals surface area contributed by atoms with E-state index in [4.69, 9.17) is 16.7 Å². The molecule has 0 bridgehead atoms. The molecular formula is C14H14ClNO3. The van der Waals surface area contributed by atoms with Crippen molar-refractivity contribution in [1.82, 2.24) is 5.32 Å². The molecule has 0 atom stereocenters. The van der Waals surface area contributed by atoms with Gasteiger partial charge < -0.3 is 10.4 Å². The molecule has 0 aromatic heterocycles. The number of carbonyl (C=O) groups excluding carboxylic acids is 1. The first-order valence-electron chi connectivity index (χ1n) is 6.01. The van der Waals surface area contributed by atoms with Crippen LogP contribution in [0.4, 0.5) is 0 Å². The molecule has 0 saturated heterocycles. The quantitative estimate of drug-likeness (QED) is 0.832. The second-order valence-electron chi connectivity index (χ2n) is 4.61. The van der Waals surface area contributed by atoms with Gasteiger partial charge in [-0.15, -0.1) is 0 Å². The monoisotopic (exact) mass is 279 g/mol. The molecule has 1 fully saturated rings. The number of aliphatic carboxylic acids is 1. The van der Waals surface area contributed by atoms with Crippen LogP contribution in [0.25, 0.3) is 6.08 Å². The number of rotatable bonds is 4. The summed E-state index contributed by atoms with van der Waals surface area (Å²) in [4.78, 5) is 22.8. The smallest absolute Gasteiger partial charge is 0.329 e. The van der Waals surface area contributed by atoms with Gasteiger partial charge in [0.25, 0.3) is 0 Å². The van der Waals surface area contributed by atoms with E-state index in [0.29, 0.717) is 17.9 Å². The number of halogens is 1. The van der Waals surface area contributed by atoms with Gasteiger partial charge in [0.05, 0.1) is 0 Å². The van der Waals surface area contributed by atoms with Gasteiger partial charge in [-0.25, -0.2) is 4.79 Å². The highest BCUT2D eigenvalue weighted by atomic mass is 35.5. The number of amides is 1. The van der Waals surface area contributed by atoms with E-state index < -0.39 is 17.4 Å². The first-order chi connectivity index (χ1) is 9.02. The van der Waals surface area contributed by atoms with Crippen LogP contribution in [-0.4, -0.2) is 22.5 Å². The standard InChI is InChI=1S/C14H14ClNO3/c15-11-5-2-10(3-6-11)4-7-12(17)16-14(13(18)19)8-1-9-14/h2-7H,1,8-9H2,(H,16,17)(H,18,19)/b7-4+. The van der Waals surface area contributed by atoms with Gasteiger partial charge in [0, 0.05) is 11.1 Å². The zero-order valence-electron chi connectivity index (χ0n) is 10.2. The average molecular weight is 280 g/mol. The minimum atomic E-state index is -1.07. The van der Waals surface area contributed by atoms with Gasteiger partial charge in [0.1, 0.15) is 5.54 Å². The molecule has 1 aromatic carbocycles. The lowest BCUT2D eigenvalue weighted by molar-refractivity contribution is -0.151. The molecule has 4 nitrogen and oxygen atoms in total. The Morgan fingerprint density at radius 3 is 2.37 bits per heavy atom. The topological polar surface area (TPSA) is 66.4 Å². The van der Waals surface area contributed by atoms with Gasteiger partial charge in [-0.3, -0.25) is 4.79 Å². The predicted octanol–water partition coefficient (Wildman–Crippen LogP) is 2.48. The molecule has 5 heteroatoms. The second-order valence-corrected chi connectivity index (χ2v) is 5.05. The van der Waals surface area contributed by atoms with Crippen molar-refractivity contribution in [1.29, 1.82) is 0 Å². The normalized spacial score (nSPS) is 16.9. The molecule has 0 unspecified atom stereocenters. The summed E-state index contributed by atoms with van der Waals surface area (Å²) in [5, 5.41) is 12.3. The third-order valence-electron chi connectivity index (χ3n) is 3.28. The molecule has 1 aliphatic carbocycles. The zero-order chi connectivity index (χ0) is 13.9. The molecule has 2 N–H and O–H groups in total. The molecule has 0 spiro atoms. The highest BCUT2D eigenvalue weighted by molar-refractivity contribution is 6.30. The van der Waals surface area contributed by atoms with E-state index in [9.17, 15) is 9.59 Å². The van der Waals surface area contributed by atoms with E-state index in [1.54, 1.807) is 30.3 Å². The summed E-state index contributed by atoms with van der Waals surface area (Å²) in [5.41, 5.74) is -0.237. The highest BCUT2D eigenvalue weighted by Gasteiger charge is 2.45. The van der Waals surface area contributed by atoms with Crippen molar-refractivity contribution in [3.05, 3.63) is 40.9 Å². The van der Waals surface area contributed by atoms with Crippen molar-refractivity contribution < 1.29 is 14.7 Å². The van der Waals surface area contributed by atoms with Crippen molar-refractivity contribution in [3.8, 4) is 0 Å². The number of carboxylic acid groups (broad SMARTS) is 1. The molecule has 1 saturated carbocycles. The van der Waals surface area contributed by atoms with Crippen LogP contribution in [0, 0.1) is 0 Å². The van der Waals surface area contributed by atoms with Gasteiger partial charge in [-0.05, 0) is 43.0 Å². The number of benzene rings is 1. The third-order valence-corrected chi connectivity index (χ3v) is 3.53. The molecule has 0 heterocycles. The van der Waals surface area contributed by atoms with E-state index in [1.807, 2.05) is 0 Å². The van der Waals surface area contributed by atoms with Crippen LogP contribution >= 0.6 is 11.6 Å². The second kappa shape index (κ2) is 5.45. The molecule has 1 amide bonds. The fraction of sp³-hybridized carbons (Fsp3) is 0.286. The number of carboxylic acids is 1. The first-order valence-corrected chi connectivity index (χ1v) is 6.39. The maximum atomic E-state index is 11.7. The Labute approximate surface area is 116 Å². The van der Waals surface area contributed by atoms with E-state index in [2.05, 4.69) is 5.32 Å². The average Bonchev–Trinajstić information content (AvgIpc) is 2.32. The summed E-state index contributed by atoms with van der Waals surface area (Å²) in [7, 11) is 0. The molecule has 1 aliphatic rings. The number of hydrogen-bond donors (Lipinski definition) is 2. The van der Waals surface area contributed by atoms with Gasteiger partial charge in [-0.1, -0.05) is 23.7 Å². The van der Waals surface area contributed by atoms with Crippen LogP contribution in [0.1, 0.15) is 24.8 Å². The largest absolute Gasteiger partial charge is 0.480 e. The summed E-state index contributed by atoms with van der Waals surface area (Å²) in [6.45, 7) is 0. The van der Waals surface area contributed by atoms with Gasteiger partial charge in [-0.2, -0.15) is 0 Å². The Morgan fingerprint density at radius 1 is 1.26 bits per heavy atom. The van der Waals surface area contributed by atoms with Crippen molar-refractivity contribution in [2.45, 2.75) is 24.8 Å². The molecule has 0 aliphatic heterocycles. The van der Waals surface area contributed by atoms with Crippen LogP contribution in [-0.2, 0) is 9.59 Å². The van der Waals surface area contributed by atoms with Gasteiger partial charge in [0.15, 0.2) is 0 Å². The molecule has 1 aromatic rings. The predicted molar refractivity (Wildman–Crippen MR) is 72.8 cm³/mol. The van der Waals surface area contributed by atoms with Gasteiger partial charge in [0.2, 0.25) is 5.91 Å². The van der Waals surface area contributed by atoms with Crippen LogP contribution in [0.5, 0.6) is 0 Å². The lowest BCUT2D eigenvalue weighted by Gasteiger charge is -2.37. The molecule has 0 radical (unpaired) electrons. The van der Waals surface area contributed by atoms with E-state index in [1.165, 1.54) is 6.08 Å². The van der Waals surface area contributed by atoms with Gasteiger partial charge >= 0.3 is 5.97 Å². The minimum absolute atomic E-state index is 0.392. The Morgan fingerprint density at radius 2 is 1.89 bits per heavy atom. The Balaban J connectivity index is 1.97. The molecule has 2 rings (SSSR count). The molecular weight excluding hydrogens is 266 g/mol. The maximum absolute atomic E-state index is 11.7. The highest BCUT2D eigenvalue weighted by Crippen LogP contribution is 2.31. The minimum Gasteiger partial charge on any atom is -0.480 e. The van der Waals surface area contributed by atoms with E-state index in [-0.39, 0.29) is 0 Å². The third kappa shape index (κ3) is 3.15. The van der Waals surface area contributed by atoms with E-state index in [0.717, 1.165) is 12.0 Å². The van der Waals surface area contributed by atoms with Crippen molar-refractivity contribution in [3.63, 3.8) is 0 Å². The van der Waals surface area contributed by atoms with Crippen LogP contribution in [0.15, 0.2) is 30.3 Å². The SMILES string of the molecule is O=C(/C=C/c1ccc(Cl)cc1)NC1(C(=O)O)CCC1. The van der Waals surface area contributed by atoms with Crippen LogP contribution in [0.2, 0.25) is 5.02 Å². The maximum Gasteiger partial charge on any atom is 0.329 e. The van der Waals surface area contributed by atoms with Crippen molar-refractivity contribution in [2.24, 2.45) is 0 Å². The fourth-order valence-electron chi connectivity index (χ4n) is 1.95. The fourth-order valence-corrected chi connectivity index (χ4v) is 2.07. The summed E-state index contributed by atoms with van der Waals surface area (Å²) < 4.78 is 0. The molecule has 19 heavy (non-hydrogen) atoms. The summed E-state index contributed by atoms with van der Waals surface area (Å²) >= 11 is 5.75. The number of nitrogens with one attached hydrogen (secondary N) is 1. The number of hydrogen-bond acceptors (Lipinski definition) is 2. The Bertz CT molecular complexity index is 518. The lowest BCUT2D eigenvalue weighted by Crippen LogP contribution is -2.58. The summed E-state index contributed by atoms with van der Waals surface area (Å²) in [6, 6.07) is 7.01. The Kier molecular flexibility index (Phi) is 3.90. The van der Waals surface area contributed by atoms with Crippen molar-refractivity contribution in [2.75, 3.05) is 0 Å². The van der Waals surface area contributed by atoms with Crippen LogP contribution < -0.4 is 5.32 Å². The zero-order valence-corrected chi connectivity index (χ0v) is 11.0. The number of carbonyl (C=O) groups is 2. The summed E-state index contributed by atoms with van der Waals surface area (Å²) in [5.74, 6) is -1.36. The van der Waals surface area contributed by atoms with E-state index >= 15 is 0 Å². The van der Waals surface area contributed by atoms with Crippen molar-refractivity contribution >= 4 is 29.6 Å². The lowest BCUT2D eigenvalue weighted by atomic mass is 9.77.